The Balaban J connectivity index is 1.05. The number of nitrogens with two attached hydrogens (primary N) is 1. The third-order valence-corrected chi connectivity index (χ3v) is 13.4. The van der Waals surface area contributed by atoms with Gasteiger partial charge in [0.1, 0.15) is 11.6 Å². The molecule has 4 unspecified atom stereocenters. The van der Waals surface area contributed by atoms with Crippen LogP contribution in [0.5, 0.6) is 5.75 Å². The molecule has 246 valence electrons. The molecule has 1 saturated heterocycles. The van der Waals surface area contributed by atoms with Gasteiger partial charge >= 0.3 is 4.87 Å². The normalized spacial score (nSPS) is 27.0. The van der Waals surface area contributed by atoms with Crippen LogP contribution in [0.3, 0.4) is 0 Å². The van der Waals surface area contributed by atoms with E-state index in [4.69, 9.17) is 9.88 Å². The van der Waals surface area contributed by atoms with Crippen LogP contribution in [0, 0.1) is 35.4 Å². The smallest absolute Gasteiger partial charge is 0.305 e. The second kappa shape index (κ2) is 11.4. The van der Waals surface area contributed by atoms with Gasteiger partial charge in [-0.25, -0.2) is 17.9 Å². The van der Waals surface area contributed by atoms with Gasteiger partial charge in [-0.15, -0.1) is 11.8 Å². The molecule has 4 aliphatic rings. The number of fused-ring (bicyclic) bond motifs is 9. The van der Waals surface area contributed by atoms with Gasteiger partial charge < -0.3 is 15.0 Å². The van der Waals surface area contributed by atoms with E-state index in [1.54, 1.807) is 17.8 Å². The maximum Gasteiger partial charge on any atom is 0.305 e. The van der Waals surface area contributed by atoms with Crippen LogP contribution < -0.4 is 25.0 Å². The summed E-state index contributed by atoms with van der Waals surface area (Å²) < 4.78 is 42.5. The van der Waals surface area contributed by atoms with Crippen molar-refractivity contribution in [1.82, 2.24) is 4.98 Å². The molecule has 48 heavy (non-hydrogen) atoms. The molecule has 2 aliphatic heterocycles. The molecule has 2 saturated carbocycles. The van der Waals surface area contributed by atoms with Crippen molar-refractivity contribution in [2.75, 3.05) is 16.8 Å². The Morgan fingerprint density at radius 1 is 1.00 bits per heavy atom. The molecule has 3 heterocycles. The molecule has 11 nitrogen and oxygen atoms in total. The second-order valence-corrected chi connectivity index (χ2v) is 16.2. The number of nitrogens with one attached hydrogen (secondary N) is 2. The van der Waals surface area contributed by atoms with Crippen LogP contribution in [0.1, 0.15) is 22.8 Å². The molecule has 2 aliphatic carbocycles. The number of thioether (sulfide) groups is 1. The van der Waals surface area contributed by atoms with Gasteiger partial charge in [0.25, 0.3) is 5.91 Å². The molecule has 4 N–H and O–H groups in total. The monoisotopic (exact) mass is 706 g/mol. The number of H-pyrrole nitrogens is 1. The van der Waals surface area contributed by atoms with Crippen molar-refractivity contribution >= 4 is 62.2 Å². The van der Waals surface area contributed by atoms with Crippen molar-refractivity contribution in [2.45, 2.75) is 27.5 Å². The fourth-order valence-corrected chi connectivity index (χ4v) is 11.5. The highest BCUT2D eigenvalue weighted by atomic mass is 32.2. The predicted octanol–water partition coefficient (Wildman–Crippen LogP) is 3.92. The summed E-state index contributed by atoms with van der Waals surface area (Å²) in [5.74, 6) is -2.43. The highest BCUT2D eigenvalue weighted by Gasteiger charge is 2.69. The average molecular weight is 707 g/mol. The van der Waals surface area contributed by atoms with E-state index in [0.29, 0.717) is 17.1 Å². The van der Waals surface area contributed by atoms with Gasteiger partial charge in [0, 0.05) is 21.7 Å². The number of amides is 3. The number of hydrogen-bond donors (Lipinski definition) is 3. The van der Waals surface area contributed by atoms with E-state index in [-0.39, 0.29) is 57.1 Å². The molecular formula is C33H27FN4O7S3. The Labute approximate surface area is 281 Å². The Hall–Kier alpha value is -4.31. The van der Waals surface area contributed by atoms with Crippen molar-refractivity contribution in [1.29, 1.82) is 0 Å². The third kappa shape index (κ3) is 5.07. The van der Waals surface area contributed by atoms with Crippen molar-refractivity contribution < 1.29 is 31.9 Å². The highest BCUT2D eigenvalue weighted by Crippen LogP contribution is 2.68. The first-order chi connectivity index (χ1) is 23.0. The lowest BCUT2D eigenvalue weighted by atomic mass is 9.68. The summed E-state index contributed by atoms with van der Waals surface area (Å²) in [7, 11) is -3.86. The van der Waals surface area contributed by atoms with E-state index in [9.17, 15) is 32.0 Å². The van der Waals surface area contributed by atoms with E-state index < -0.39 is 33.6 Å². The van der Waals surface area contributed by atoms with E-state index in [1.807, 2.05) is 18.2 Å². The zero-order valence-corrected chi connectivity index (χ0v) is 27.3. The number of sulfonamides is 1. The molecule has 4 aromatic rings. The van der Waals surface area contributed by atoms with Crippen LogP contribution in [0.25, 0.3) is 0 Å². The second-order valence-electron chi connectivity index (χ2n) is 12.4. The number of thiazole rings is 1. The first-order valence-corrected chi connectivity index (χ1v) is 18.4. The van der Waals surface area contributed by atoms with E-state index in [0.717, 1.165) is 33.2 Å². The summed E-state index contributed by atoms with van der Waals surface area (Å²) >= 11 is 2.72. The minimum absolute atomic E-state index is 0.0140. The number of carbonyl (C=O) groups excluding carboxylic acids is 3. The van der Waals surface area contributed by atoms with Crippen molar-refractivity contribution in [3.8, 4) is 5.75 Å². The summed E-state index contributed by atoms with van der Waals surface area (Å²) in [5.41, 5.74) is 1.61. The number of anilines is 2. The van der Waals surface area contributed by atoms with Crippen LogP contribution in [-0.4, -0.2) is 43.0 Å². The van der Waals surface area contributed by atoms with Gasteiger partial charge in [0.05, 0.1) is 27.4 Å². The molecule has 15 heteroatoms. The largest absolute Gasteiger partial charge is 0.484 e. The predicted molar refractivity (Wildman–Crippen MR) is 176 cm³/mol. The number of imide groups is 1. The standard InChI is InChI=1S/C33H27FN4O7S3/c34-16-4-8-18(9-5-16)38-31(40)26-21-13-22(27(26)32(38)41)28-25(21)24(29-30(46-28)37-33(42)47-29)15-2-1-3-19(12-15)45-14-23(39)36-17-6-10-20(11-7-17)48(35,43)44/h1-12,21-22,24-28H,13-14H2,(H,36,39)(H,37,42)(H2,35,43,44)/t21-,22-,24-,25?,26?,27?,28?/m1/s1. The number of benzene rings is 3. The summed E-state index contributed by atoms with van der Waals surface area (Å²) in [4.78, 5) is 57.8. The zero-order chi connectivity index (χ0) is 33.5. The lowest BCUT2D eigenvalue weighted by molar-refractivity contribution is -0.123. The number of halogens is 1. The average Bonchev–Trinajstić information content (AvgIpc) is 3.79. The maximum atomic E-state index is 13.9. The molecule has 3 amide bonds. The van der Waals surface area contributed by atoms with E-state index >= 15 is 0 Å². The van der Waals surface area contributed by atoms with Crippen LogP contribution in [-0.2, 0) is 24.4 Å². The molecule has 8 rings (SSSR count). The fourth-order valence-electron chi connectivity index (χ4n) is 8.11. The summed E-state index contributed by atoms with van der Waals surface area (Å²) in [5, 5.41) is 8.55. The van der Waals surface area contributed by atoms with Gasteiger partial charge in [-0.1, -0.05) is 23.5 Å². The van der Waals surface area contributed by atoms with Gasteiger partial charge in [0.2, 0.25) is 21.8 Å². The topological polar surface area (TPSA) is 169 Å². The molecule has 3 aromatic carbocycles. The highest BCUT2D eigenvalue weighted by molar-refractivity contribution is 8.00. The SMILES string of the molecule is NS(=O)(=O)c1ccc(NC(=O)COc2cccc([C@H]3c4sc(=O)[nH]c4SC4C3[C@H]3C[C@@H]4C4C(=O)N(c5ccc(F)cc5)C(=O)C43)c2)cc1. The molecule has 7 atom stereocenters. The molecule has 0 radical (unpaired) electrons. The Morgan fingerprint density at radius 3 is 2.42 bits per heavy atom. The van der Waals surface area contributed by atoms with Crippen LogP contribution in [0.2, 0.25) is 0 Å². The first kappa shape index (κ1) is 31.0. The zero-order valence-electron chi connectivity index (χ0n) is 24.9. The molecular weight excluding hydrogens is 680 g/mol. The molecule has 2 bridgehead atoms. The Kier molecular flexibility index (Phi) is 7.36. The number of aromatic nitrogens is 1. The minimum atomic E-state index is -3.86. The quantitative estimate of drug-likeness (QED) is 0.243. The lowest BCUT2D eigenvalue weighted by Crippen LogP contribution is -2.42. The first-order valence-electron chi connectivity index (χ1n) is 15.2. The number of rotatable bonds is 7. The minimum Gasteiger partial charge on any atom is -0.484 e. The van der Waals surface area contributed by atoms with E-state index in [2.05, 4.69) is 10.3 Å². The lowest BCUT2D eigenvalue weighted by Gasteiger charge is -2.43. The molecule has 3 fully saturated rings. The molecule has 0 spiro atoms. The fraction of sp³-hybridized carbons (Fsp3) is 0.273. The van der Waals surface area contributed by atoms with Crippen molar-refractivity contribution in [3.63, 3.8) is 0 Å². The van der Waals surface area contributed by atoms with Crippen molar-refractivity contribution in [3.05, 3.63) is 98.7 Å². The summed E-state index contributed by atoms with van der Waals surface area (Å²) in [6.45, 7) is -0.319. The van der Waals surface area contributed by atoms with Crippen molar-refractivity contribution in [2.24, 2.45) is 34.7 Å². The summed E-state index contributed by atoms with van der Waals surface area (Å²) in [6, 6.07) is 18.2. The summed E-state index contributed by atoms with van der Waals surface area (Å²) in [6.07, 6.45) is 0.719. The van der Waals surface area contributed by atoms with Crippen LogP contribution >= 0.6 is 23.1 Å². The number of hydrogen-bond acceptors (Lipinski definition) is 9. The Bertz CT molecular complexity index is 2150. The third-order valence-electron chi connectivity index (χ3n) is 9.86. The van der Waals surface area contributed by atoms with Crippen LogP contribution in [0.15, 0.2) is 87.5 Å². The Morgan fingerprint density at radius 2 is 1.71 bits per heavy atom. The molecule has 1 aromatic heterocycles. The number of aromatic amines is 1. The van der Waals surface area contributed by atoms with E-state index in [1.165, 1.54) is 53.4 Å². The van der Waals surface area contributed by atoms with Crippen LogP contribution in [0.4, 0.5) is 15.8 Å². The van der Waals surface area contributed by atoms with Gasteiger partial charge in [-0.05, 0) is 90.4 Å². The number of carbonyl (C=O) groups is 3. The number of nitrogens with zero attached hydrogens (tertiary/aromatic N) is 1. The number of ether oxygens (including phenoxy) is 1. The van der Waals surface area contributed by atoms with Gasteiger partial charge in [-0.3, -0.25) is 24.1 Å². The number of primary sulfonamides is 1. The van der Waals surface area contributed by atoms with Gasteiger partial charge in [0.15, 0.2) is 6.61 Å². The maximum absolute atomic E-state index is 13.9. The van der Waals surface area contributed by atoms with Gasteiger partial charge in [-0.2, -0.15) is 0 Å².